The minimum absolute atomic E-state index is 0.0940. The van der Waals surface area contributed by atoms with Crippen molar-refractivity contribution >= 4 is 35.3 Å². The van der Waals surface area contributed by atoms with Crippen molar-refractivity contribution in [3.63, 3.8) is 0 Å². The normalized spacial score (nSPS) is 13.9. The van der Waals surface area contributed by atoms with Crippen molar-refractivity contribution in [1.29, 1.82) is 0 Å². The number of hydrogen-bond donors (Lipinski definition) is 5. The highest BCUT2D eigenvalue weighted by molar-refractivity contribution is 6.34. The lowest BCUT2D eigenvalue weighted by molar-refractivity contribution is -0.154. The minimum atomic E-state index is -4.64. The number of alkyl halides is 3. The highest BCUT2D eigenvalue weighted by Gasteiger charge is 2.47. The monoisotopic (exact) mass is 618 g/mol. The van der Waals surface area contributed by atoms with Crippen molar-refractivity contribution in [1.82, 2.24) is 25.6 Å². The molecule has 0 saturated heterocycles. The van der Waals surface area contributed by atoms with Crippen LogP contribution in [0.2, 0.25) is 0 Å². The molecule has 2 aromatic carbocycles. The minimum Gasteiger partial charge on any atom is -0.454 e. The molecule has 3 aromatic rings. The van der Waals surface area contributed by atoms with Crippen LogP contribution in [0.15, 0.2) is 48.5 Å². The number of primary amides is 1. The Bertz CT molecular complexity index is 1530. The molecule has 12 nitrogen and oxygen atoms in total. The number of hydrogen-bond acceptors (Lipinski definition) is 9. The zero-order valence-corrected chi connectivity index (χ0v) is 23.7. The number of carbonyl (C=O) groups is 3. The predicted molar refractivity (Wildman–Crippen MR) is 150 cm³/mol. The Morgan fingerprint density at radius 1 is 0.932 bits per heavy atom. The molecule has 1 heterocycles. The van der Waals surface area contributed by atoms with Gasteiger partial charge in [0.15, 0.2) is 6.61 Å². The number of nitrogens with two attached hydrogens (primary N) is 1. The second kappa shape index (κ2) is 12.7. The van der Waals surface area contributed by atoms with Gasteiger partial charge in [0.2, 0.25) is 11.9 Å². The maximum atomic E-state index is 14.5. The molecule has 1 aromatic heterocycles. The Morgan fingerprint density at radius 2 is 1.57 bits per heavy atom. The van der Waals surface area contributed by atoms with Gasteiger partial charge in [-0.25, -0.2) is 4.39 Å². The molecule has 1 aliphatic carbocycles. The van der Waals surface area contributed by atoms with Crippen molar-refractivity contribution in [2.75, 3.05) is 30.3 Å². The maximum Gasteiger partial charge on any atom is 0.422 e. The number of ether oxygens (including phenoxy) is 1. The number of carbonyl (C=O) groups excluding carboxylic acids is 3. The molecule has 1 aliphatic rings. The molecule has 0 radical (unpaired) electrons. The predicted octanol–water partition coefficient (Wildman–Crippen LogP) is 3.15. The van der Waals surface area contributed by atoms with Crippen LogP contribution in [-0.4, -0.2) is 58.5 Å². The summed E-state index contributed by atoms with van der Waals surface area (Å²) in [5.74, 6) is -3.16. The van der Waals surface area contributed by atoms with Crippen LogP contribution < -0.4 is 31.7 Å². The highest BCUT2D eigenvalue weighted by atomic mass is 19.4. The Balaban J connectivity index is 1.45. The molecule has 3 amide bonds. The molecule has 0 unspecified atom stereocenters. The van der Waals surface area contributed by atoms with Gasteiger partial charge in [0.1, 0.15) is 5.82 Å². The Hall–Kier alpha value is -5.02. The summed E-state index contributed by atoms with van der Waals surface area (Å²) in [7, 11) is 0. The number of anilines is 3. The van der Waals surface area contributed by atoms with E-state index in [1.54, 1.807) is 32.0 Å². The number of aromatic nitrogens is 3. The first-order valence-corrected chi connectivity index (χ1v) is 13.4. The summed E-state index contributed by atoms with van der Waals surface area (Å²) in [6.07, 6.45) is -3.55. The second-order valence-corrected chi connectivity index (χ2v) is 11.0. The molecule has 0 atom stereocenters. The number of benzene rings is 2. The molecule has 44 heavy (non-hydrogen) atoms. The fourth-order valence-corrected chi connectivity index (χ4v) is 4.05. The molecular formula is C28H30F4N8O4. The van der Waals surface area contributed by atoms with E-state index in [1.807, 2.05) is 0 Å². The van der Waals surface area contributed by atoms with Crippen LogP contribution in [0.3, 0.4) is 0 Å². The van der Waals surface area contributed by atoms with Gasteiger partial charge < -0.3 is 31.7 Å². The SMILES string of the molecule is CC(C)(CNC(=O)C(N)=O)CNC(=O)c1ccc(Nc2nc(NC3(c4ccccc4F)CC3)nc(OCC(F)(F)F)n2)cc1. The van der Waals surface area contributed by atoms with E-state index in [0.29, 0.717) is 29.7 Å². The summed E-state index contributed by atoms with van der Waals surface area (Å²) in [6, 6.07) is 11.6. The number of amides is 3. The van der Waals surface area contributed by atoms with Crippen molar-refractivity contribution in [3.8, 4) is 6.01 Å². The van der Waals surface area contributed by atoms with Crippen molar-refractivity contribution < 1.29 is 36.7 Å². The van der Waals surface area contributed by atoms with Crippen LogP contribution in [0.4, 0.5) is 35.1 Å². The van der Waals surface area contributed by atoms with Gasteiger partial charge in [-0.1, -0.05) is 32.0 Å². The van der Waals surface area contributed by atoms with E-state index in [4.69, 9.17) is 10.5 Å². The lowest BCUT2D eigenvalue weighted by atomic mass is 9.93. The van der Waals surface area contributed by atoms with Crippen LogP contribution in [-0.2, 0) is 15.1 Å². The van der Waals surface area contributed by atoms with Crippen LogP contribution in [0.25, 0.3) is 0 Å². The highest BCUT2D eigenvalue weighted by Crippen LogP contribution is 2.48. The summed E-state index contributed by atoms with van der Waals surface area (Å²) in [5, 5.41) is 11.0. The summed E-state index contributed by atoms with van der Waals surface area (Å²) in [5.41, 5.74) is 4.56. The van der Waals surface area contributed by atoms with Crippen LogP contribution in [0.5, 0.6) is 6.01 Å². The third-order valence-electron chi connectivity index (χ3n) is 6.55. The third-order valence-corrected chi connectivity index (χ3v) is 6.55. The fourth-order valence-electron chi connectivity index (χ4n) is 4.05. The quantitative estimate of drug-likeness (QED) is 0.151. The van der Waals surface area contributed by atoms with Gasteiger partial charge in [-0.2, -0.15) is 28.1 Å². The molecule has 16 heteroatoms. The van der Waals surface area contributed by atoms with E-state index in [-0.39, 0.29) is 25.0 Å². The number of nitrogens with one attached hydrogen (secondary N) is 4. The summed E-state index contributed by atoms with van der Waals surface area (Å²) in [4.78, 5) is 47.1. The zero-order chi connectivity index (χ0) is 32.1. The van der Waals surface area contributed by atoms with E-state index < -0.39 is 53.3 Å². The molecule has 234 valence electrons. The average Bonchev–Trinajstić information content (AvgIpc) is 3.73. The van der Waals surface area contributed by atoms with E-state index in [9.17, 15) is 31.9 Å². The molecule has 1 fully saturated rings. The third kappa shape index (κ3) is 8.75. The van der Waals surface area contributed by atoms with Gasteiger partial charge >= 0.3 is 24.0 Å². The number of rotatable bonds is 12. The lowest BCUT2D eigenvalue weighted by Gasteiger charge is -2.25. The van der Waals surface area contributed by atoms with Gasteiger partial charge in [0.05, 0.1) is 5.54 Å². The van der Waals surface area contributed by atoms with Crippen LogP contribution in [0.1, 0.15) is 42.6 Å². The van der Waals surface area contributed by atoms with Gasteiger partial charge in [-0.15, -0.1) is 0 Å². The molecule has 6 N–H and O–H groups in total. The first-order valence-electron chi connectivity index (χ1n) is 13.4. The Morgan fingerprint density at radius 3 is 2.18 bits per heavy atom. The van der Waals surface area contributed by atoms with E-state index in [0.717, 1.165) is 0 Å². The van der Waals surface area contributed by atoms with Crippen LogP contribution >= 0.6 is 0 Å². The van der Waals surface area contributed by atoms with Crippen molar-refractivity contribution in [2.45, 2.75) is 38.4 Å². The largest absolute Gasteiger partial charge is 0.454 e. The van der Waals surface area contributed by atoms with Crippen LogP contribution in [0, 0.1) is 11.2 Å². The molecule has 0 spiro atoms. The lowest BCUT2D eigenvalue weighted by Crippen LogP contribution is -2.45. The average molecular weight is 619 g/mol. The van der Waals surface area contributed by atoms with Gasteiger partial charge in [0, 0.05) is 29.9 Å². The van der Waals surface area contributed by atoms with Gasteiger partial charge in [-0.3, -0.25) is 14.4 Å². The van der Waals surface area contributed by atoms with Gasteiger partial charge in [-0.05, 0) is 48.6 Å². The number of halogens is 4. The molecule has 1 saturated carbocycles. The maximum absolute atomic E-state index is 14.5. The second-order valence-electron chi connectivity index (χ2n) is 11.0. The summed E-state index contributed by atoms with van der Waals surface area (Å²) < 4.78 is 57.7. The molecule has 0 aliphatic heterocycles. The van der Waals surface area contributed by atoms with Crippen molar-refractivity contribution in [2.24, 2.45) is 11.1 Å². The number of nitrogens with zero attached hydrogens (tertiary/aromatic N) is 3. The van der Waals surface area contributed by atoms with E-state index >= 15 is 0 Å². The van der Waals surface area contributed by atoms with Crippen molar-refractivity contribution in [3.05, 3.63) is 65.5 Å². The Labute approximate surface area is 249 Å². The first-order chi connectivity index (χ1) is 20.6. The smallest absolute Gasteiger partial charge is 0.422 e. The Kier molecular flexibility index (Phi) is 9.20. The van der Waals surface area contributed by atoms with E-state index in [1.165, 1.54) is 30.3 Å². The fraction of sp³-hybridized carbons (Fsp3) is 0.357. The summed E-state index contributed by atoms with van der Waals surface area (Å²) >= 11 is 0. The topological polar surface area (TPSA) is 173 Å². The molecular weight excluding hydrogens is 588 g/mol. The van der Waals surface area contributed by atoms with E-state index in [2.05, 4.69) is 36.2 Å². The zero-order valence-electron chi connectivity index (χ0n) is 23.7. The van der Waals surface area contributed by atoms with Gasteiger partial charge in [0.25, 0.3) is 5.91 Å². The molecule has 0 bridgehead atoms. The first kappa shape index (κ1) is 31.9. The summed E-state index contributed by atoms with van der Waals surface area (Å²) in [6.45, 7) is 2.17. The standard InChI is InChI=1S/C28H30F4N8O4/c1-26(2,14-35-22(43)20(33)41)13-34-21(42)16-7-9-17(10-8-16)36-23-37-24(39-25(38-23)44-15-28(30,31)32)40-27(11-12-27)18-5-3-4-6-19(18)29/h3-10H,11-15H2,1-2H3,(H2,33,41)(H,34,42)(H,35,43)(H2,36,37,38,39,40). The molecule has 4 rings (SSSR count).